The third kappa shape index (κ3) is 10.8. The highest BCUT2D eigenvalue weighted by Crippen LogP contribution is 2.39. The minimum atomic E-state index is 0.703. The van der Waals surface area contributed by atoms with E-state index < -0.39 is 0 Å². The van der Waals surface area contributed by atoms with Crippen LogP contribution in [-0.4, -0.2) is 19.8 Å². The molecular formula is C25H43O3. The maximum atomic E-state index is 6.15. The average Bonchev–Trinajstić information content (AvgIpc) is 2.69. The molecule has 0 aliphatic rings. The van der Waals surface area contributed by atoms with Gasteiger partial charge in [0.05, 0.1) is 19.8 Å². The largest absolute Gasteiger partial charge is 0.490 e. The molecule has 0 fully saturated rings. The molecule has 161 valence electrons. The molecule has 0 aromatic heterocycles. The summed E-state index contributed by atoms with van der Waals surface area (Å²) in [6.45, 7) is 12.9. The Bertz CT molecular complexity index is 464. The van der Waals surface area contributed by atoms with E-state index in [2.05, 4.69) is 27.7 Å². The second-order valence-corrected chi connectivity index (χ2v) is 7.65. The zero-order chi connectivity index (χ0) is 20.5. The molecule has 0 amide bonds. The molecule has 0 atom stereocenters. The third-order valence-corrected chi connectivity index (χ3v) is 4.84. The summed E-state index contributed by atoms with van der Waals surface area (Å²) < 4.78 is 18.3. The predicted molar refractivity (Wildman–Crippen MR) is 120 cm³/mol. The number of unbranched alkanes of at least 4 members (excludes halogenated alkanes) is 9. The lowest BCUT2D eigenvalue weighted by molar-refractivity contribution is 0.234. The first-order chi connectivity index (χ1) is 13.7. The molecule has 0 saturated carbocycles. The molecule has 0 aliphatic heterocycles. The smallest absolute Gasteiger partial charge is 0.203 e. The zero-order valence-electron chi connectivity index (χ0n) is 18.7. The molecule has 0 aliphatic carbocycles. The van der Waals surface area contributed by atoms with Gasteiger partial charge in [-0.05, 0) is 43.9 Å². The van der Waals surface area contributed by atoms with Gasteiger partial charge in [0.2, 0.25) is 5.75 Å². The van der Waals surface area contributed by atoms with Gasteiger partial charge in [0.15, 0.2) is 11.5 Å². The molecule has 28 heavy (non-hydrogen) atoms. The van der Waals surface area contributed by atoms with Crippen LogP contribution >= 0.6 is 0 Å². The van der Waals surface area contributed by atoms with E-state index in [0.717, 1.165) is 42.1 Å². The maximum absolute atomic E-state index is 6.15. The number of rotatable bonds is 18. The first kappa shape index (κ1) is 24.7. The van der Waals surface area contributed by atoms with Crippen molar-refractivity contribution in [3.05, 3.63) is 24.6 Å². The highest BCUT2D eigenvalue weighted by Gasteiger charge is 2.15. The molecule has 1 radical (unpaired) electrons. The first-order valence-corrected chi connectivity index (χ1v) is 11.6. The van der Waals surface area contributed by atoms with E-state index in [1.54, 1.807) is 0 Å². The second kappa shape index (κ2) is 16.6. The number of benzene rings is 1. The SMILES string of the molecule is [CH2]c1cc(OCCCCCC)c(OCCCCCC)c(OCCCCCC)c1. The van der Waals surface area contributed by atoms with Crippen molar-refractivity contribution in [2.24, 2.45) is 0 Å². The molecule has 1 aromatic carbocycles. The summed E-state index contributed by atoms with van der Waals surface area (Å²) in [6.07, 6.45) is 14.3. The van der Waals surface area contributed by atoms with Crippen molar-refractivity contribution in [1.82, 2.24) is 0 Å². The lowest BCUT2D eigenvalue weighted by atomic mass is 10.2. The van der Waals surface area contributed by atoms with Crippen molar-refractivity contribution in [3.63, 3.8) is 0 Å². The van der Waals surface area contributed by atoms with E-state index in [4.69, 9.17) is 14.2 Å². The van der Waals surface area contributed by atoms with Gasteiger partial charge in [-0.25, -0.2) is 0 Å². The predicted octanol–water partition coefficient (Wildman–Crippen LogP) is 7.75. The van der Waals surface area contributed by atoms with E-state index in [1.807, 2.05) is 12.1 Å². The molecule has 3 nitrogen and oxygen atoms in total. The second-order valence-electron chi connectivity index (χ2n) is 7.65. The Morgan fingerprint density at radius 1 is 0.571 bits per heavy atom. The van der Waals surface area contributed by atoms with Crippen molar-refractivity contribution in [2.75, 3.05) is 19.8 Å². The van der Waals surface area contributed by atoms with Crippen LogP contribution in [0.25, 0.3) is 0 Å². The normalized spacial score (nSPS) is 10.9. The van der Waals surface area contributed by atoms with Crippen LogP contribution in [0.2, 0.25) is 0 Å². The first-order valence-electron chi connectivity index (χ1n) is 11.6. The fraction of sp³-hybridized carbons (Fsp3) is 0.720. The lowest BCUT2D eigenvalue weighted by Crippen LogP contribution is -2.06. The summed E-state index contributed by atoms with van der Waals surface area (Å²) in [6, 6.07) is 3.95. The van der Waals surface area contributed by atoms with E-state index in [1.165, 1.54) is 57.8 Å². The van der Waals surface area contributed by atoms with Gasteiger partial charge in [0.25, 0.3) is 0 Å². The van der Waals surface area contributed by atoms with Gasteiger partial charge in [0.1, 0.15) is 0 Å². The quantitative estimate of drug-likeness (QED) is 0.239. The van der Waals surface area contributed by atoms with Gasteiger partial charge in [-0.15, -0.1) is 0 Å². The molecule has 0 heterocycles. The molecule has 0 bridgehead atoms. The number of ether oxygens (including phenoxy) is 3. The van der Waals surface area contributed by atoms with Crippen molar-refractivity contribution in [3.8, 4) is 17.2 Å². The molecule has 0 spiro atoms. The van der Waals surface area contributed by atoms with Gasteiger partial charge in [0, 0.05) is 0 Å². The van der Waals surface area contributed by atoms with Crippen molar-refractivity contribution >= 4 is 0 Å². The maximum Gasteiger partial charge on any atom is 0.203 e. The minimum Gasteiger partial charge on any atom is -0.490 e. The molecule has 1 rings (SSSR count). The zero-order valence-corrected chi connectivity index (χ0v) is 18.7. The van der Waals surface area contributed by atoms with E-state index in [0.29, 0.717) is 19.8 Å². The van der Waals surface area contributed by atoms with Crippen LogP contribution in [-0.2, 0) is 0 Å². The summed E-state index contributed by atoms with van der Waals surface area (Å²) in [4.78, 5) is 0. The van der Waals surface area contributed by atoms with Gasteiger partial charge in [-0.1, -0.05) is 78.6 Å². The topological polar surface area (TPSA) is 27.7 Å². The Morgan fingerprint density at radius 2 is 0.964 bits per heavy atom. The van der Waals surface area contributed by atoms with Crippen LogP contribution in [0.1, 0.15) is 103 Å². The Balaban J connectivity index is 2.72. The van der Waals surface area contributed by atoms with Crippen LogP contribution in [0.5, 0.6) is 17.2 Å². The fourth-order valence-electron chi connectivity index (χ4n) is 3.11. The van der Waals surface area contributed by atoms with E-state index in [9.17, 15) is 0 Å². The van der Waals surface area contributed by atoms with Crippen LogP contribution in [0, 0.1) is 6.92 Å². The molecule has 3 heteroatoms. The molecule has 0 saturated heterocycles. The van der Waals surface area contributed by atoms with Crippen LogP contribution in [0.4, 0.5) is 0 Å². The summed E-state index contributed by atoms with van der Waals surface area (Å²) in [5.41, 5.74) is 0.908. The van der Waals surface area contributed by atoms with E-state index in [-0.39, 0.29) is 0 Å². The Morgan fingerprint density at radius 3 is 1.36 bits per heavy atom. The van der Waals surface area contributed by atoms with Gasteiger partial charge in [-0.3, -0.25) is 0 Å². The minimum absolute atomic E-state index is 0.703. The summed E-state index contributed by atoms with van der Waals surface area (Å²) in [7, 11) is 0. The highest BCUT2D eigenvalue weighted by atomic mass is 16.5. The van der Waals surface area contributed by atoms with Gasteiger partial charge < -0.3 is 14.2 Å². The van der Waals surface area contributed by atoms with E-state index >= 15 is 0 Å². The highest BCUT2D eigenvalue weighted by molar-refractivity contribution is 5.54. The van der Waals surface area contributed by atoms with Crippen LogP contribution in [0.15, 0.2) is 12.1 Å². The third-order valence-electron chi connectivity index (χ3n) is 4.84. The van der Waals surface area contributed by atoms with Gasteiger partial charge in [-0.2, -0.15) is 0 Å². The van der Waals surface area contributed by atoms with Crippen LogP contribution in [0.3, 0.4) is 0 Å². The molecule has 0 unspecified atom stereocenters. The van der Waals surface area contributed by atoms with Crippen molar-refractivity contribution < 1.29 is 14.2 Å². The fourth-order valence-corrected chi connectivity index (χ4v) is 3.11. The molecule has 1 aromatic rings. The van der Waals surface area contributed by atoms with Crippen molar-refractivity contribution in [1.29, 1.82) is 0 Å². The summed E-state index contributed by atoms with van der Waals surface area (Å²) >= 11 is 0. The number of hydrogen-bond acceptors (Lipinski definition) is 3. The van der Waals surface area contributed by atoms with Crippen LogP contribution < -0.4 is 14.2 Å². The number of hydrogen-bond donors (Lipinski definition) is 0. The standard InChI is InChI=1S/C25H43O3/c1-5-8-11-14-17-26-23-20-22(4)21-24(27-18-15-12-9-6-2)25(23)28-19-16-13-10-7-3/h20-21H,4-19H2,1-3H3. The Labute approximate surface area is 174 Å². The monoisotopic (exact) mass is 391 g/mol. The Kier molecular flexibility index (Phi) is 14.6. The summed E-state index contributed by atoms with van der Waals surface area (Å²) in [5, 5.41) is 0. The summed E-state index contributed by atoms with van der Waals surface area (Å²) in [5.74, 6) is 2.32. The average molecular weight is 392 g/mol. The molecule has 0 N–H and O–H groups in total. The lowest BCUT2D eigenvalue weighted by Gasteiger charge is -2.18. The Hall–Kier alpha value is -1.38. The van der Waals surface area contributed by atoms with Crippen molar-refractivity contribution in [2.45, 2.75) is 97.8 Å². The van der Waals surface area contributed by atoms with Gasteiger partial charge >= 0.3 is 0 Å². The molecular weight excluding hydrogens is 348 g/mol.